The van der Waals surface area contributed by atoms with E-state index >= 15 is 0 Å². The fourth-order valence-electron chi connectivity index (χ4n) is 1.05. The Morgan fingerprint density at radius 3 is 3.06 bits per heavy atom. The van der Waals surface area contributed by atoms with Crippen molar-refractivity contribution in [1.82, 2.24) is 10.3 Å². The van der Waals surface area contributed by atoms with Gasteiger partial charge in [-0.15, -0.1) is 0 Å². The molecular formula is C10H16N4OS. The summed E-state index contributed by atoms with van der Waals surface area (Å²) in [6, 6.07) is 3.31. The van der Waals surface area contributed by atoms with Crippen molar-refractivity contribution in [2.45, 2.75) is 12.2 Å². The molecule has 1 rings (SSSR count). The van der Waals surface area contributed by atoms with Crippen LogP contribution in [0.3, 0.4) is 0 Å². The zero-order valence-corrected chi connectivity index (χ0v) is 10.2. The average Bonchev–Trinajstić information content (AvgIpc) is 2.35. The van der Waals surface area contributed by atoms with Gasteiger partial charge < -0.3 is 10.7 Å². The van der Waals surface area contributed by atoms with E-state index in [1.165, 1.54) is 0 Å². The second-order valence-electron chi connectivity index (χ2n) is 3.33. The molecule has 16 heavy (non-hydrogen) atoms. The van der Waals surface area contributed by atoms with Crippen LogP contribution in [0.2, 0.25) is 0 Å². The van der Waals surface area contributed by atoms with Gasteiger partial charge in [-0.3, -0.25) is 15.6 Å². The van der Waals surface area contributed by atoms with Crippen LogP contribution < -0.4 is 16.6 Å². The molecule has 1 aromatic heterocycles. The monoisotopic (exact) mass is 240 g/mol. The number of nitrogens with zero attached hydrogens (tertiary/aromatic N) is 1. The topological polar surface area (TPSA) is 80.0 Å². The molecule has 0 aromatic carbocycles. The highest BCUT2D eigenvalue weighted by atomic mass is 32.2. The third-order valence-corrected chi connectivity index (χ3v) is 3.08. The maximum Gasteiger partial charge on any atom is 0.269 e. The third kappa shape index (κ3) is 3.71. The summed E-state index contributed by atoms with van der Waals surface area (Å²) in [4.78, 5) is 15.7. The average molecular weight is 240 g/mol. The summed E-state index contributed by atoms with van der Waals surface area (Å²) >= 11 is 1.70. The molecular weight excluding hydrogens is 224 g/mol. The smallest absolute Gasteiger partial charge is 0.269 e. The quantitative estimate of drug-likeness (QED) is 0.525. The van der Waals surface area contributed by atoms with Crippen LogP contribution in [0, 0.1) is 0 Å². The van der Waals surface area contributed by atoms with Gasteiger partial charge in [0.25, 0.3) is 5.91 Å². The number of aromatic nitrogens is 1. The molecule has 1 aromatic rings. The fourth-order valence-corrected chi connectivity index (χ4v) is 1.30. The molecule has 0 spiro atoms. The van der Waals surface area contributed by atoms with E-state index in [0.29, 0.717) is 23.2 Å². The summed E-state index contributed by atoms with van der Waals surface area (Å²) in [6.45, 7) is 2.68. The molecule has 0 aliphatic rings. The van der Waals surface area contributed by atoms with Crippen LogP contribution in [0.1, 0.15) is 17.4 Å². The highest BCUT2D eigenvalue weighted by Crippen LogP contribution is 2.07. The zero-order chi connectivity index (χ0) is 12.0. The predicted octanol–water partition coefficient (Wildman–Crippen LogP) is 0.848. The number of anilines is 1. The third-order valence-electron chi connectivity index (χ3n) is 2.11. The Bertz CT molecular complexity index is 358. The first-order valence-electron chi connectivity index (χ1n) is 4.91. The number of rotatable bonds is 5. The molecule has 88 valence electrons. The minimum absolute atomic E-state index is 0.182. The Morgan fingerprint density at radius 2 is 2.44 bits per heavy atom. The second-order valence-corrected chi connectivity index (χ2v) is 4.61. The van der Waals surface area contributed by atoms with Gasteiger partial charge in [0, 0.05) is 18.0 Å². The lowest BCUT2D eigenvalue weighted by Crippen LogP contribution is -2.30. The number of hydrazine groups is 1. The molecule has 1 amide bonds. The number of amides is 1. The molecule has 0 fully saturated rings. The van der Waals surface area contributed by atoms with Crippen LogP contribution in [0.25, 0.3) is 0 Å². The lowest BCUT2D eigenvalue weighted by Gasteiger charge is -2.09. The van der Waals surface area contributed by atoms with E-state index < -0.39 is 0 Å². The van der Waals surface area contributed by atoms with Gasteiger partial charge in [0.15, 0.2) is 0 Å². The van der Waals surface area contributed by atoms with Crippen LogP contribution in [0.5, 0.6) is 0 Å². The lowest BCUT2D eigenvalue weighted by atomic mass is 10.3. The van der Waals surface area contributed by atoms with Gasteiger partial charge in [0.05, 0.1) is 5.69 Å². The zero-order valence-electron chi connectivity index (χ0n) is 9.36. The van der Waals surface area contributed by atoms with Crippen molar-refractivity contribution in [3.8, 4) is 0 Å². The number of thioether (sulfide) groups is 1. The molecule has 0 bridgehead atoms. The van der Waals surface area contributed by atoms with Crippen LogP contribution in [0.4, 0.5) is 5.69 Å². The van der Waals surface area contributed by atoms with Crippen molar-refractivity contribution in [2.24, 2.45) is 5.84 Å². The van der Waals surface area contributed by atoms with Gasteiger partial charge in [-0.1, -0.05) is 6.92 Å². The first kappa shape index (κ1) is 12.8. The minimum atomic E-state index is -0.182. The summed E-state index contributed by atoms with van der Waals surface area (Å²) in [5, 5.41) is 3.20. The fraction of sp³-hybridized carbons (Fsp3) is 0.400. The van der Waals surface area contributed by atoms with Gasteiger partial charge >= 0.3 is 0 Å². The van der Waals surface area contributed by atoms with Crippen molar-refractivity contribution < 1.29 is 4.79 Å². The Hall–Kier alpha value is -1.27. The van der Waals surface area contributed by atoms with Gasteiger partial charge in [0.1, 0.15) is 5.69 Å². The highest BCUT2D eigenvalue weighted by molar-refractivity contribution is 7.99. The molecule has 1 unspecified atom stereocenters. The van der Waals surface area contributed by atoms with Gasteiger partial charge in [0.2, 0.25) is 0 Å². The summed E-state index contributed by atoms with van der Waals surface area (Å²) in [5.74, 6) is 5.07. The Labute approximate surface area is 99.2 Å². The van der Waals surface area contributed by atoms with Crippen LogP contribution in [-0.2, 0) is 0 Å². The standard InChI is InChI=1S/C10H16N4OS/c1-7(16-2)6-13-10(15)9-5-8(14-11)3-4-12-9/h3-5,7H,6,11H2,1-2H3,(H,12,14)(H,13,15). The minimum Gasteiger partial charge on any atom is -0.350 e. The van der Waals surface area contributed by atoms with E-state index in [9.17, 15) is 4.79 Å². The predicted molar refractivity (Wildman–Crippen MR) is 67.4 cm³/mol. The van der Waals surface area contributed by atoms with E-state index in [0.717, 1.165) is 0 Å². The van der Waals surface area contributed by atoms with Crippen molar-refractivity contribution in [2.75, 3.05) is 18.2 Å². The number of hydrogen-bond donors (Lipinski definition) is 3. The van der Waals surface area contributed by atoms with E-state index in [-0.39, 0.29) is 5.91 Å². The van der Waals surface area contributed by atoms with Crippen LogP contribution in [0.15, 0.2) is 18.3 Å². The molecule has 6 heteroatoms. The Morgan fingerprint density at radius 1 is 1.69 bits per heavy atom. The maximum atomic E-state index is 11.7. The van der Waals surface area contributed by atoms with Gasteiger partial charge in [-0.25, -0.2) is 0 Å². The first-order chi connectivity index (χ1) is 7.67. The molecule has 1 heterocycles. The van der Waals surface area contributed by atoms with Crippen molar-refractivity contribution >= 4 is 23.4 Å². The molecule has 0 radical (unpaired) electrons. The molecule has 4 N–H and O–H groups in total. The number of pyridine rings is 1. The van der Waals surface area contributed by atoms with Crippen molar-refractivity contribution in [3.05, 3.63) is 24.0 Å². The van der Waals surface area contributed by atoms with Crippen molar-refractivity contribution in [3.63, 3.8) is 0 Å². The van der Waals surface area contributed by atoms with E-state index in [1.54, 1.807) is 30.1 Å². The number of hydrogen-bond acceptors (Lipinski definition) is 5. The molecule has 0 aliphatic carbocycles. The second kappa shape index (κ2) is 6.34. The number of nitrogens with one attached hydrogen (secondary N) is 2. The summed E-state index contributed by atoms with van der Waals surface area (Å²) in [7, 11) is 0. The Balaban J connectivity index is 2.58. The van der Waals surface area contributed by atoms with Gasteiger partial charge in [-0.05, 0) is 18.4 Å². The normalized spacial score (nSPS) is 11.9. The maximum absolute atomic E-state index is 11.7. The molecule has 0 aliphatic heterocycles. The Kier molecular flexibility index (Phi) is 5.07. The summed E-state index contributed by atoms with van der Waals surface area (Å²) < 4.78 is 0. The largest absolute Gasteiger partial charge is 0.350 e. The number of carbonyl (C=O) groups is 1. The molecule has 0 saturated heterocycles. The molecule has 1 atom stereocenters. The number of nitrogens with two attached hydrogens (primary N) is 1. The van der Waals surface area contributed by atoms with Crippen molar-refractivity contribution in [1.29, 1.82) is 0 Å². The van der Waals surface area contributed by atoms with Gasteiger partial charge in [-0.2, -0.15) is 11.8 Å². The summed E-state index contributed by atoms with van der Waals surface area (Å²) in [5.41, 5.74) is 3.50. The van der Waals surface area contributed by atoms with Crippen LogP contribution >= 0.6 is 11.8 Å². The van der Waals surface area contributed by atoms with E-state index in [2.05, 4.69) is 22.7 Å². The number of nitrogen functional groups attached to an aromatic ring is 1. The van der Waals surface area contributed by atoms with E-state index in [4.69, 9.17) is 5.84 Å². The first-order valence-corrected chi connectivity index (χ1v) is 6.19. The molecule has 0 saturated carbocycles. The molecule has 5 nitrogen and oxygen atoms in total. The lowest BCUT2D eigenvalue weighted by molar-refractivity contribution is 0.0949. The highest BCUT2D eigenvalue weighted by Gasteiger charge is 2.08. The van der Waals surface area contributed by atoms with E-state index in [1.807, 2.05) is 6.26 Å². The number of carbonyl (C=O) groups excluding carboxylic acids is 1. The SMILES string of the molecule is CSC(C)CNC(=O)c1cc(NN)ccn1. The van der Waals surface area contributed by atoms with Crippen LogP contribution in [-0.4, -0.2) is 28.9 Å². The summed E-state index contributed by atoms with van der Waals surface area (Å²) in [6.07, 6.45) is 3.55.